The van der Waals surface area contributed by atoms with Gasteiger partial charge >= 0.3 is 18.3 Å². The number of carbonyl (C=O) groups excluding carboxylic acids is 1. The van der Waals surface area contributed by atoms with E-state index in [-0.39, 0.29) is 30.9 Å². The maximum absolute atomic E-state index is 12.1. The molecule has 0 saturated heterocycles. The van der Waals surface area contributed by atoms with Crippen molar-refractivity contribution in [1.29, 1.82) is 0 Å². The number of carbonyl (C=O) groups is 1. The van der Waals surface area contributed by atoms with Crippen molar-refractivity contribution < 1.29 is 27.4 Å². The SMILES string of the molecule is CCOC(=O)NN=C(N)CCCCOc1nccc(NC(N)=NCC(F)(F)F)n1. The quantitative estimate of drug-likeness (QED) is 0.191. The predicted molar refractivity (Wildman–Crippen MR) is 99.3 cm³/mol. The number of nitrogens with two attached hydrogens (primary N) is 2. The zero-order chi connectivity index (χ0) is 21.7. The van der Waals surface area contributed by atoms with E-state index in [4.69, 9.17) is 16.2 Å². The van der Waals surface area contributed by atoms with Crippen LogP contribution in [0.5, 0.6) is 6.01 Å². The van der Waals surface area contributed by atoms with Crippen molar-refractivity contribution in [3.8, 4) is 6.01 Å². The molecule has 0 radical (unpaired) electrons. The zero-order valence-corrected chi connectivity index (χ0v) is 15.7. The minimum atomic E-state index is -4.45. The van der Waals surface area contributed by atoms with Gasteiger partial charge in [0.1, 0.15) is 18.2 Å². The van der Waals surface area contributed by atoms with Crippen molar-refractivity contribution in [3.63, 3.8) is 0 Å². The Morgan fingerprint density at radius 3 is 2.76 bits per heavy atom. The molecule has 29 heavy (non-hydrogen) atoms. The fraction of sp³-hybridized carbons (Fsp3) is 0.533. The molecular formula is C15H23F3N8O3. The Kier molecular flexibility index (Phi) is 9.98. The molecule has 1 rings (SSSR count). The van der Waals surface area contributed by atoms with Crippen LogP contribution in [-0.4, -0.2) is 53.8 Å². The maximum Gasteiger partial charge on any atom is 0.427 e. The second-order valence-corrected chi connectivity index (χ2v) is 5.41. The average molecular weight is 420 g/mol. The highest BCUT2D eigenvalue weighted by atomic mass is 19.4. The number of hydrogen-bond acceptors (Lipinski definition) is 7. The Labute approximate surface area is 164 Å². The van der Waals surface area contributed by atoms with Crippen LogP contribution in [0.2, 0.25) is 0 Å². The first-order valence-electron chi connectivity index (χ1n) is 8.54. The minimum Gasteiger partial charge on any atom is -0.463 e. The van der Waals surface area contributed by atoms with Crippen molar-refractivity contribution in [2.75, 3.05) is 25.1 Å². The van der Waals surface area contributed by atoms with E-state index >= 15 is 0 Å². The van der Waals surface area contributed by atoms with Crippen LogP contribution in [0.4, 0.5) is 23.8 Å². The number of alkyl halides is 3. The summed E-state index contributed by atoms with van der Waals surface area (Å²) in [5.41, 5.74) is 13.2. The summed E-state index contributed by atoms with van der Waals surface area (Å²) in [6, 6.07) is 1.42. The van der Waals surface area contributed by atoms with Crippen molar-refractivity contribution in [1.82, 2.24) is 15.4 Å². The molecule has 6 N–H and O–H groups in total. The molecule has 1 aromatic rings. The fourth-order valence-corrected chi connectivity index (χ4v) is 1.73. The van der Waals surface area contributed by atoms with E-state index in [0.29, 0.717) is 19.3 Å². The van der Waals surface area contributed by atoms with Gasteiger partial charge in [-0.3, -0.25) is 0 Å². The van der Waals surface area contributed by atoms with E-state index in [1.807, 2.05) is 0 Å². The molecule has 14 heteroatoms. The monoisotopic (exact) mass is 420 g/mol. The van der Waals surface area contributed by atoms with Gasteiger partial charge < -0.3 is 26.3 Å². The van der Waals surface area contributed by atoms with Gasteiger partial charge in [-0.1, -0.05) is 0 Å². The Morgan fingerprint density at radius 1 is 1.31 bits per heavy atom. The van der Waals surface area contributed by atoms with Gasteiger partial charge in [-0.15, -0.1) is 0 Å². The van der Waals surface area contributed by atoms with Crippen LogP contribution in [0, 0.1) is 0 Å². The van der Waals surface area contributed by atoms with Gasteiger partial charge in [-0.25, -0.2) is 20.2 Å². The average Bonchev–Trinajstić information content (AvgIpc) is 2.64. The maximum atomic E-state index is 12.1. The fourth-order valence-electron chi connectivity index (χ4n) is 1.73. The second kappa shape index (κ2) is 12.2. The first-order valence-corrected chi connectivity index (χ1v) is 8.54. The van der Waals surface area contributed by atoms with E-state index in [1.165, 1.54) is 12.3 Å². The number of rotatable bonds is 10. The molecule has 0 fully saturated rings. The third kappa shape index (κ3) is 11.9. The Morgan fingerprint density at radius 2 is 2.07 bits per heavy atom. The Balaban J connectivity index is 2.34. The largest absolute Gasteiger partial charge is 0.463 e. The van der Waals surface area contributed by atoms with Gasteiger partial charge in [0.05, 0.1) is 13.2 Å². The van der Waals surface area contributed by atoms with Gasteiger partial charge in [0, 0.05) is 12.6 Å². The van der Waals surface area contributed by atoms with Crippen LogP contribution in [0.1, 0.15) is 26.2 Å². The van der Waals surface area contributed by atoms with Crippen molar-refractivity contribution in [2.45, 2.75) is 32.4 Å². The topological polar surface area (TPSA) is 162 Å². The van der Waals surface area contributed by atoms with Crippen LogP contribution >= 0.6 is 0 Å². The number of hydrogen-bond donors (Lipinski definition) is 4. The molecule has 0 atom stereocenters. The smallest absolute Gasteiger partial charge is 0.427 e. The highest BCUT2D eigenvalue weighted by Crippen LogP contribution is 2.14. The molecule has 1 aromatic heterocycles. The first-order chi connectivity index (χ1) is 13.7. The summed E-state index contributed by atoms with van der Waals surface area (Å²) < 4.78 is 46.3. The van der Waals surface area contributed by atoms with E-state index in [9.17, 15) is 18.0 Å². The number of ether oxygens (including phenoxy) is 2. The predicted octanol–water partition coefficient (Wildman–Crippen LogP) is 1.33. The molecule has 0 bridgehead atoms. The molecular weight excluding hydrogens is 397 g/mol. The van der Waals surface area contributed by atoms with Crippen LogP contribution < -0.4 is 26.9 Å². The highest BCUT2D eigenvalue weighted by Gasteiger charge is 2.26. The molecule has 0 aromatic carbocycles. The zero-order valence-electron chi connectivity index (χ0n) is 15.7. The van der Waals surface area contributed by atoms with Gasteiger partial charge in [0.15, 0.2) is 5.96 Å². The molecule has 1 amide bonds. The van der Waals surface area contributed by atoms with Gasteiger partial charge in [0.25, 0.3) is 0 Å². The third-order valence-corrected chi connectivity index (χ3v) is 2.94. The summed E-state index contributed by atoms with van der Waals surface area (Å²) in [6.45, 7) is 0.755. The number of aromatic nitrogens is 2. The molecule has 0 aliphatic carbocycles. The molecule has 0 aliphatic heterocycles. The van der Waals surface area contributed by atoms with Crippen LogP contribution in [0.25, 0.3) is 0 Å². The van der Waals surface area contributed by atoms with Gasteiger partial charge in [-0.05, 0) is 25.8 Å². The first kappa shape index (κ1) is 23.7. The number of nitrogens with one attached hydrogen (secondary N) is 2. The van der Waals surface area contributed by atoms with Gasteiger partial charge in [-0.2, -0.15) is 23.3 Å². The lowest BCUT2D eigenvalue weighted by molar-refractivity contribution is -0.118. The minimum absolute atomic E-state index is 0.0178. The summed E-state index contributed by atoms with van der Waals surface area (Å²) in [7, 11) is 0. The van der Waals surface area contributed by atoms with Crippen LogP contribution in [-0.2, 0) is 4.74 Å². The Bertz CT molecular complexity index is 712. The van der Waals surface area contributed by atoms with E-state index < -0.39 is 24.8 Å². The molecule has 0 spiro atoms. The normalized spacial score (nSPS) is 12.4. The molecule has 11 nitrogen and oxygen atoms in total. The second-order valence-electron chi connectivity index (χ2n) is 5.41. The molecule has 162 valence electrons. The number of nitrogens with zero attached hydrogens (tertiary/aromatic N) is 4. The van der Waals surface area contributed by atoms with Crippen molar-refractivity contribution in [3.05, 3.63) is 12.3 Å². The van der Waals surface area contributed by atoms with Crippen LogP contribution in [0.15, 0.2) is 22.4 Å². The van der Waals surface area contributed by atoms with Crippen molar-refractivity contribution in [2.24, 2.45) is 21.6 Å². The van der Waals surface area contributed by atoms with E-state index in [0.717, 1.165) is 0 Å². The van der Waals surface area contributed by atoms with Crippen LogP contribution in [0.3, 0.4) is 0 Å². The Hall–Kier alpha value is -3.32. The number of aliphatic imine (C=N–C) groups is 1. The lowest BCUT2D eigenvalue weighted by Crippen LogP contribution is -2.26. The molecule has 0 aliphatic rings. The molecule has 1 heterocycles. The third-order valence-electron chi connectivity index (χ3n) is 2.94. The summed E-state index contributed by atoms with van der Waals surface area (Å²) in [4.78, 5) is 22.1. The number of unbranched alkanes of at least 4 members (excludes halogenated alkanes) is 1. The van der Waals surface area contributed by atoms with Gasteiger partial charge in [0.2, 0.25) is 0 Å². The summed E-state index contributed by atoms with van der Waals surface area (Å²) in [5.74, 6) is -0.0628. The highest BCUT2D eigenvalue weighted by molar-refractivity contribution is 5.91. The lowest BCUT2D eigenvalue weighted by atomic mass is 10.2. The number of anilines is 1. The number of halogens is 3. The van der Waals surface area contributed by atoms with E-state index in [1.54, 1.807) is 6.92 Å². The lowest BCUT2D eigenvalue weighted by Gasteiger charge is -2.08. The summed E-state index contributed by atoms with van der Waals surface area (Å²) in [5, 5.41) is 6.09. The standard InChI is InChI=1S/C15H23F3N8O3/c1-2-28-14(27)26-25-10(19)5-3-4-8-29-13-21-7-6-11(24-13)23-12(20)22-9-15(16,17)18/h6-7H,2-5,8-9H2,1H3,(H2,19,25)(H,26,27)(H3,20,21,22,23,24). The van der Waals surface area contributed by atoms with Crippen molar-refractivity contribution >= 4 is 23.7 Å². The van der Waals surface area contributed by atoms with E-state index in [2.05, 4.69) is 35.5 Å². The summed E-state index contributed by atoms with van der Waals surface area (Å²) in [6.07, 6.45) is -2.15. The number of amides is 1. The molecule has 0 saturated carbocycles. The number of amidine groups is 1. The number of hydrazone groups is 1. The molecule has 0 unspecified atom stereocenters. The number of guanidine groups is 1. The summed E-state index contributed by atoms with van der Waals surface area (Å²) >= 11 is 0.